The number of hydrogen-bond donors (Lipinski definition) is 0. The summed E-state index contributed by atoms with van der Waals surface area (Å²) < 4.78 is 39.2. The van der Waals surface area contributed by atoms with E-state index in [9.17, 15) is 18.0 Å². The predicted molar refractivity (Wildman–Crippen MR) is 105 cm³/mol. The maximum absolute atomic E-state index is 12.4. The molecule has 0 unspecified atom stereocenters. The Hall–Kier alpha value is -2.36. The van der Waals surface area contributed by atoms with Gasteiger partial charge in [0, 0.05) is 5.02 Å². The van der Waals surface area contributed by atoms with E-state index in [-0.39, 0.29) is 20.7 Å². The molecular weight excluding hydrogens is 476 g/mol. The van der Waals surface area contributed by atoms with Gasteiger partial charge in [-0.15, -0.1) is 0 Å². The molecule has 0 saturated heterocycles. The first-order valence-electron chi connectivity index (χ1n) is 7.56. The van der Waals surface area contributed by atoms with Crippen molar-refractivity contribution in [1.82, 2.24) is 0 Å². The smallest absolute Gasteiger partial charge is 0.345 e. The number of carbonyl (C=O) groups excluding carboxylic acids is 2. The number of carbonyl (C=O) groups is 2. The molecule has 0 aliphatic rings. The van der Waals surface area contributed by atoms with Crippen molar-refractivity contribution in [2.45, 2.75) is 4.90 Å². The standard InChI is InChI=1S/C18H14BrClO7S/c1-25-17(21)14(18(22)26-2)9-11-3-8-16(15(19)10-11)27-28(23,24)13-6-4-12(20)5-7-13/h3-10H,1-2H3. The Balaban J connectivity index is 2.33. The first-order valence-corrected chi connectivity index (χ1v) is 10.1. The van der Waals surface area contributed by atoms with Gasteiger partial charge in [0.1, 0.15) is 10.5 Å². The molecule has 0 radical (unpaired) electrons. The van der Waals surface area contributed by atoms with E-state index in [0.29, 0.717) is 10.6 Å². The summed E-state index contributed by atoms with van der Waals surface area (Å²) in [4.78, 5) is 23.4. The summed E-state index contributed by atoms with van der Waals surface area (Å²) in [7, 11) is -1.81. The highest BCUT2D eigenvalue weighted by Crippen LogP contribution is 2.30. The lowest BCUT2D eigenvalue weighted by Gasteiger charge is -2.10. The SMILES string of the molecule is COC(=O)C(=Cc1ccc(OS(=O)(=O)c2ccc(Cl)cc2)c(Br)c1)C(=O)OC. The van der Waals surface area contributed by atoms with Crippen LogP contribution >= 0.6 is 27.5 Å². The summed E-state index contributed by atoms with van der Waals surface area (Å²) in [6.07, 6.45) is 1.25. The van der Waals surface area contributed by atoms with Gasteiger partial charge in [-0.1, -0.05) is 17.7 Å². The fraction of sp³-hybridized carbons (Fsp3) is 0.111. The van der Waals surface area contributed by atoms with Crippen molar-refractivity contribution in [3.8, 4) is 5.75 Å². The van der Waals surface area contributed by atoms with Crippen LogP contribution in [0.3, 0.4) is 0 Å². The molecule has 0 heterocycles. The highest BCUT2D eigenvalue weighted by atomic mass is 79.9. The van der Waals surface area contributed by atoms with E-state index in [0.717, 1.165) is 14.2 Å². The largest absolute Gasteiger partial charge is 0.465 e. The van der Waals surface area contributed by atoms with Crippen LogP contribution in [0.25, 0.3) is 6.08 Å². The second kappa shape index (κ2) is 9.22. The summed E-state index contributed by atoms with van der Waals surface area (Å²) in [5.41, 5.74) is 0.0910. The summed E-state index contributed by atoms with van der Waals surface area (Å²) in [5, 5.41) is 0.392. The van der Waals surface area contributed by atoms with Gasteiger partial charge in [-0.3, -0.25) is 0 Å². The minimum Gasteiger partial charge on any atom is -0.465 e. The molecule has 0 saturated carbocycles. The van der Waals surface area contributed by atoms with Crippen LogP contribution in [0.5, 0.6) is 5.75 Å². The predicted octanol–water partition coefficient (Wildman–Crippen LogP) is 3.60. The lowest BCUT2D eigenvalue weighted by Crippen LogP contribution is -2.15. The van der Waals surface area contributed by atoms with Crippen molar-refractivity contribution in [2.24, 2.45) is 0 Å². The summed E-state index contributed by atoms with van der Waals surface area (Å²) in [5.74, 6) is -1.72. The van der Waals surface area contributed by atoms with Crippen LogP contribution in [0.2, 0.25) is 5.02 Å². The third-order valence-corrected chi connectivity index (χ3v) is 5.50. The number of benzene rings is 2. The van der Waals surface area contributed by atoms with Crippen molar-refractivity contribution in [2.75, 3.05) is 14.2 Å². The van der Waals surface area contributed by atoms with Crippen LogP contribution < -0.4 is 4.18 Å². The zero-order chi connectivity index (χ0) is 20.9. The number of rotatable bonds is 6. The molecule has 0 bridgehead atoms. The van der Waals surface area contributed by atoms with Crippen LogP contribution in [0.1, 0.15) is 5.56 Å². The Kier molecular flexibility index (Phi) is 7.22. The molecule has 7 nitrogen and oxygen atoms in total. The van der Waals surface area contributed by atoms with E-state index in [1.807, 2.05) is 0 Å². The van der Waals surface area contributed by atoms with Crippen molar-refractivity contribution in [1.29, 1.82) is 0 Å². The number of hydrogen-bond acceptors (Lipinski definition) is 7. The van der Waals surface area contributed by atoms with Gasteiger partial charge in [-0.05, 0) is 64.0 Å². The van der Waals surface area contributed by atoms with Crippen LogP contribution in [-0.2, 0) is 29.2 Å². The van der Waals surface area contributed by atoms with E-state index < -0.39 is 22.1 Å². The molecule has 2 aromatic carbocycles. The van der Waals surface area contributed by atoms with Crippen LogP contribution in [0.4, 0.5) is 0 Å². The summed E-state index contributed by atoms with van der Waals surface area (Å²) >= 11 is 8.97. The number of methoxy groups -OCH3 is 2. The maximum Gasteiger partial charge on any atom is 0.345 e. The quantitative estimate of drug-likeness (QED) is 0.201. The fourth-order valence-electron chi connectivity index (χ4n) is 2.03. The van der Waals surface area contributed by atoms with Crippen molar-refractivity contribution >= 4 is 55.7 Å². The van der Waals surface area contributed by atoms with E-state index in [1.165, 1.54) is 48.5 Å². The monoisotopic (exact) mass is 488 g/mol. The van der Waals surface area contributed by atoms with E-state index in [4.69, 9.17) is 15.8 Å². The zero-order valence-corrected chi connectivity index (χ0v) is 17.8. The first kappa shape index (κ1) is 21.9. The molecule has 0 aliphatic carbocycles. The second-order valence-corrected chi connectivity index (χ2v) is 8.06. The van der Waals surface area contributed by atoms with Gasteiger partial charge in [-0.2, -0.15) is 8.42 Å². The van der Waals surface area contributed by atoms with Crippen molar-refractivity contribution < 1.29 is 31.7 Å². The second-order valence-electron chi connectivity index (χ2n) is 5.22. The third kappa shape index (κ3) is 5.34. The van der Waals surface area contributed by atoms with E-state index in [1.54, 1.807) is 0 Å². The molecule has 0 atom stereocenters. The lowest BCUT2D eigenvalue weighted by molar-refractivity contribution is -0.143. The average Bonchev–Trinajstić information content (AvgIpc) is 2.67. The average molecular weight is 490 g/mol. The molecule has 0 N–H and O–H groups in total. The summed E-state index contributed by atoms with van der Waals surface area (Å²) in [6, 6.07) is 9.81. The first-order chi connectivity index (χ1) is 13.2. The molecule has 10 heteroatoms. The Morgan fingerprint density at radius 3 is 2.07 bits per heavy atom. The van der Waals surface area contributed by atoms with Gasteiger partial charge in [0.15, 0.2) is 5.75 Å². The van der Waals surface area contributed by atoms with Gasteiger partial charge in [0.05, 0.1) is 18.7 Å². The van der Waals surface area contributed by atoms with Gasteiger partial charge >= 0.3 is 22.1 Å². The topological polar surface area (TPSA) is 96.0 Å². The maximum atomic E-state index is 12.4. The van der Waals surface area contributed by atoms with Crippen LogP contribution in [-0.4, -0.2) is 34.6 Å². The van der Waals surface area contributed by atoms with Crippen LogP contribution in [0, 0.1) is 0 Å². The molecule has 28 heavy (non-hydrogen) atoms. The van der Waals surface area contributed by atoms with Crippen LogP contribution in [0.15, 0.2) is 57.4 Å². The molecule has 2 aromatic rings. The Labute approximate surface area is 175 Å². The van der Waals surface area contributed by atoms with Gasteiger partial charge in [-0.25, -0.2) is 9.59 Å². The fourth-order valence-corrected chi connectivity index (χ4v) is 3.69. The molecular formula is C18H14BrClO7S. The molecule has 0 aromatic heterocycles. The number of esters is 2. The minimum absolute atomic E-state index is 0.0183. The van der Waals surface area contributed by atoms with Gasteiger partial charge < -0.3 is 13.7 Å². The Morgan fingerprint density at radius 2 is 1.57 bits per heavy atom. The Morgan fingerprint density at radius 1 is 1.00 bits per heavy atom. The van der Waals surface area contributed by atoms with Crippen molar-refractivity contribution in [3.05, 3.63) is 63.1 Å². The van der Waals surface area contributed by atoms with E-state index in [2.05, 4.69) is 25.4 Å². The molecule has 0 fully saturated rings. The van der Waals surface area contributed by atoms with Gasteiger partial charge in [0.25, 0.3) is 0 Å². The normalized spacial score (nSPS) is 10.7. The minimum atomic E-state index is -4.08. The number of halogens is 2. The highest BCUT2D eigenvalue weighted by molar-refractivity contribution is 9.10. The summed E-state index contributed by atoms with van der Waals surface area (Å²) in [6.45, 7) is 0. The van der Waals surface area contributed by atoms with E-state index >= 15 is 0 Å². The van der Waals surface area contributed by atoms with Gasteiger partial charge in [0.2, 0.25) is 0 Å². The molecule has 2 rings (SSSR count). The zero-order valence-electron chi connectivity index (χ0n) is 14.6. The number of ether oxygens (including phenoxy) is 2. The molecule has 0 spiro atoms. The third-order valence-electron chi connectivity index (χ3n) is 3.38. The molecule has 148 valence electrons. The molecule has 0 amide bonds. The lowest BCUT2D eigenvalue weighted by atomic mass is 10.1. The van der Waals surface area contributed by atoms with Crippen molar-refractivity contribution in [3.63, 3.8) is 0 Å². The highest BCUT2D eigenvalue weighted by Gasteiger charge is 2.21. The Bertz CT molecular complexity index is 1010. The molecule has 0 aliphatic heterocycles.